The van der Waals surface area contributed by atoms with Gasteiger partial charge in [0.1, 0.15) is 11.6 Å². The van der Waals surface area contributed by atoms with Crippen LogP contribution in [0.3, 0.4) is 0 Å². The summed E-state index contributed by atoms with van der Waals surface area (Å²) in [6.45, 7) is 3.99. The maximum atomic E-state index is 13.7. The Morgan fingerprint density at radius 2 is 1.97 bits per heavy atom. The lowest BCUT2D eigenvalue weighted by atomic mass is 9.86. The second kappa shape index (κ2) is 9.07. The maximum Gasteiger partial charge on any atom is 0.143 e. The molecular formula is C25H26FN3OS. The molecule has 0 radical (unpaired) electrons. The Hall–Kier alpha value is -2.91. The van der Waals surface area contributed by atoms with E-state index in [4.69, 9.17) is 4.74 Å². The molecule has 0 amide bonds. The van der Waals surface area contributed by atoms with Crippen LogP contribution in [0.25, 0.3) is 0 Å². The number of nitrogens with zero attached hydrogens (tertiary/aromatic N) is 3. The van der Waals surface area contributed by atoms with Crippen LogP contribution in [-0.2, 0) is 0 Å². The zero-order chi connectivity index (χ0) is 22.0. The van der Waals surface area contributed by atoms with E-state index in [0.29, 0.717) is 5.56 Å². The van der Waals surface area contributed by atoms with Crippen molar-refractivity contribution in [1.82, 2.24) is 4.98 Å². The van der Waals surface area contributed by atoms with E-state index in [1.54, 1.807) is 17.4 Å². The fraction of sp³-hybridized carbons (Fsp3) is 0.360. The first kappa shape index (κ1) is 21.3. The largest absolute Gasteiger partial charge is 0.489 e. The maximum absolute atomic E-state index is 13.7. The second-order valence-corrected chi connectivity index (χ2v) is 9.20. The molecule has 0 saturated heterocycles. The third-order valence-corrected chi connectivity index (χ3v) is 6.88. The summed E-state index contributed by atoms with van der Waals surface area (Å²) in [5.41, 5.74) is 2.62. The van der Waals surface area contributed by atoms with Crippen LogP contribution in [0.1, 0.15) is 54.7 Å². The molecule has 1 aromatic heterocycles. The predicted octanol–water partition coefficient (Wildman–Crippen LogP) is 6.11. The molecule has 0 bridgehead atoms. The Bertz CT molecular complexity index is 1060. The van der Waals surface area contributed by atoms with E-state index >= 15 is 0 Å². The Labute approximate surface area is 186 Å². The summed E-state index contributed by atoms with van der Waals surface area (Å²) < 4.78 is 19.7. The summed E-state index contributed by atoms with van der Waals surface area (Å²) in [7, 11) is 2.06. The smallest absolute Gasteiger partial charge is 0.143 e. The number of anilines is 1. The normalized spacial score (nSPS) is 20.6. The van der Waals surface area contributed by atoms with Gasteiger partial charge in [-0.05, 0) is 62.6 Å². The quantitative estimate of drug-likeness (QED) is 0.469. The van der Waals surface area contributed by atoms with Gasteiger partial charge in [-0.25, -0.2) is 9.37 Å². The van der Waals surface area contributed by atoms with Gasteiger partial charge in [-0.15, -0.1) is 11.3 Å². The molecule has 3 atom stereocenters. The van der Waals surface area contributed by atoms with Gasteiger partial charge < -0.3 is 9.64 Å². The van der Waals surface area contributed by atoms with Gasteiger partial charge in [-0.2, -0.15) is 5.26 Å². The lowest BCUT2D eigenvalue weighted by Crippen LogP contribution is -2.35. The van der Waals surface area contributed by atoms with Crippen molar-refractivity contribution in [3.8, 4) is 11.8 Å². The van der Waals surface area contributed by atoms with Crippen molar-refractivity contribution in [2.45, 2.75) is 50.7 Å². The molecule has 1 aliphatic carbocycles. The number of nitriles is 1. The molecule has 1 aliphatic rings. The summed E-state index contributed by atoms with van der Waals surface area (Å²) in [5, 5.41) is 12.6. The molecule has 160 valence electrons. The molecule has 1 fully saturated rings. The number of thiazole rings is 1. The van der Waals surface area contributed by atoms with E-state index in [1.807, 2.05) is 49.7 Å². The van der Waals surface area contributed by atoms with E-state index in [2.05, 4.69) is 23.0 Å². The van der Waals surface area contributed by atoms with Crippen LogP contribution in [0.4, 0.5) is 10.1 Å². The van der Waals surface area contributed by atoms with Crippen molar-refractivity contribution >= 4 is 17.0 Å². The molecule has 3 aromatic rings. The minimum absolute atomic E-state index is 0.0274. The first-order chi connectivity index (χ1) is 15.0. The molecule has 0 spiro atoms. The highest BCUT2D eigenvalue weighted by molar-refractivity contribution is 7.09. The van der Waals surface area contributed by atoms with Crippen molar-refractivity contribution in [2.75, 3.05) is 11.9 Å². The van der Waals surface area contributed by atoms with Gasteiger partial charge in [0.15, 0.2) is 0 Å². The van der Waals surface area contributed by atoms with Gasteiger partial charge in [-0.3, -0.25) is 0 Å². The van der Waals surface area contributed by atoms with Crippen molar-refractivity contribution < 1.29 is 9.13 Å². The highest BCUT2D eigenvalue weighted by Crippen LogP contribution is 2.50. The number of benzene rings is 2. The second-order valence-electron chi connectivity index (χ2n) is 8.27. The Morgan fingerprint density at radius 1 is 1.19 bits per heavy atom. The van der Waals surface area contributed by atoms with Crippen molar-refractivity contribution in [1.29, 1.82) is 5.26 Å². The van der Waals surface area contributed by atoms with Crippen LogP contribution in [0.15, 0.2) is 54.0 Å². The third-order valence-electron chi connectivity index (χ3n) is 5.97. The van der Waals surface area contributed by atoms with Crippen LogP contribution < -0.4 is 9.64 Å². The summed E-state index contributed by atoms with van der Waals surface area (Å²) in [6, 6.07) is 14.8. The van der Waals surface area contributed by atoms with E-state index in [0.717, 1.165) is 34.8 Å². The number of hydrogen-bond donors (Lipinski definition) is 0. The van der Waals surface area contributed by atoms with Crippen molar-refractivity contribution in [3.05, 3.63) is 76.0 Å². The lowest BCUT2D eigenvalue weighted by Gasteiger charge is -2.35. The molecule has 6 heteroatoms. The van der Waals surface area contributed by atoms with E-state index in [9.17, 15) is 9.65 Å². The minimum Gasteiger partial charge on any atom is -0.489 e. The van der Waals surface area contributed by atoms with Gasteiger partial charge in [0.05, 0.1) is 28.4 Å². The minimum atomic E-state index is -0.230. The molecule has 2 aromatic carbocycles. The molecule has 1 heterocycles. The number of halogens is 1. The summed E-state index contributed by atoms with van der Waals surface area (Å²) in [4.78, 5) is 6.84. The fourth-order valence-electron chi connectivity index (χ4n) is 4.64. The first-order valence-corrected chi connectivity index (χ1v) is 11.4. The van der Waals surface area contributed by atoms with Crippen LogP contribution in [0, 0.1) is 17.1 Å². The average Bonchev–Trinajstić information content (AvgIpc) is 3.43. The van der Waals surface area contributed by atoms with Crippen LogP contribution >= 0.6 is 11.3 Å². The van der Waals surface area contributed by atoms with Crippen molar-refractivity contribution in [2.24, 2.45) is 0 Å². The molecule has 31 heavy (non-hydrogen) atoms. The molecule has 1 saturated carbocycles. The monoisotopic (exact) mass is 435 g/mol. The van der Waals surface area contributed by atoms with E-state index in [-0.39, 0.29) is 29.8 Å². The topological polar surface area (TPSA) is 49.1 Å². The van der Waals surface area contributed by atoms with Gasteiger partial charge >= 0.3 is 0 Å². The van der Waals surface area contributed by atoms with Crippen molar-refractivity contribution in [3.63, 3.8) is 0 Å². The summed E-state index contributed by atoms with van der Waals surface area (Å²) in [5.74, 6) is 0.972. The molecule has 0 aliphatic heterocycles. The number of hydrogen-bond acceptors (Lipinski definition) is 5. The van der Waals surface area contributed by atoms with Gasteiger partial charge in [-0.1, -0.05) is 12.1 Å². The molecule has 3 unspecified atom stereocenters. The van der Waals surface area contributed by atoms with Gasteiger partial charge in [0.2, 0.25) is 0 Å². The third kappa shape index (κ3) is 4.42. The number of ether oxygens (including phenoxy) is 1. The van der Waals surface area contributed by atoms with Gasteiger partial charge in [0.25, 0.3) is 0 Å². The molecular weight excluding hydrogens is 409 g/mol. The van der Waals surface area contributed by atoms with Crippen LogP contribution in [0.5, 0.6) is 5.75 Å². The van der Waals surface area contributed by atoms with Gasteiger partial charge in [0, 0.05) is 36.5 Å². The number of aromatic nitrogens is 1. The fourth-order valence-corrected chi connectivity index (χ4v) is 5.46. The van der Waals surface area contributed by atoms with E-state index < -0.39 is 0 Å². The predicted molar refractivity (Wildman–Crippen MR) is 122 cm³/mol. The molecule has 4 rings (SSSR count). The lowest BCUT2D eigenvalue weighted by molar-refractivity contribution is 0.242. The highest BCUT2D eigenvalue weighted by atomic mass is 32.1. The average molecular weight is 436 g/mol. The number of likely N-dealkylation sites (N-methyl/N-ethyl adjacent to an activating group) is 1. The Balaban J connectivity index is 1.75. The van der Waals surface area contributed by atoms with E-state index in [1.165, 1.54) is 12.1 Å². The number of rotatable bonds is 6. The molecule has 4 nitrogen and oxygen atoms in total. The van der Waals surface area contributed by atoms with Crippen LogP contribution in [-0.4, -0.2) is 24.2 Å². The Kier molecular flexibility index (Phi) is 6.24. The first-order valence-electron chi connectivity index (χ1n) is 10.6. The Morgan fingerprint density at radius 3 is 2.61 bits per heavy atom. The summed E-state index contributed by atoms with van der Waals surface area (Å²) >= 11 is 1.68. The zero-order valence-corrected chi connectivity index (χ0v) is 18.8. The summed E-state index contributed by atoms with van der Waals surface area (Å²) in [6.07, 6.45) is 3.85. The standard InChI is InChI=1S/C25H26FN3OS/c1-16(2)30-23-11-4-17(15-27)14-22(23)29(3)21-10-9-20(25-28-12-13-31-25)24(21)18-5-7-19(26)8-6-18/h4-8,11-14,16,20-21,24H,9-10H2,1-3H3. The molecule has 0 N–H and O–H groups in total. The van der Waals surface area contributed by atoms with Crippen LogP contribution in [0.2, 0.25) is 0 Å². The highest BCUT2D eigenvalue weighted by Gasteiger charge is 2.42. The SMILES string of the molecule is CC(C)Oc1ccc(C#N)cc1N(C)C1CCC(c2nccs2)C1c1ccc(F)cc1. The zero-order valence-electron chi connectivity index (χ0n) is 18.0.